The maximum absolute atomic E-state index is 12.5. The van der Waals surface area contributed by atoms with Gasteiger partial charge in [-0.1, -0.05) is 55.3 Å². The first-order valence-corrected chi connectivity index (χ1v) is 11.0. The van der Waals surface area contributed by atoms with Crippen LogP contribution in [-0.2, 0) is 27.5 Å². The highest BCUT2D eigenvalue weighted by Gasteiger charge is 2.47. The van der Waals surface area contributed by atoms with Gasteiger partial charge in [-0.25, -0.2) is 0 Å². The van der Waals surface area contributed by atoms with Gasteiger partial charge in [0, 0.05) is 19.5 Å². The fraction of sp³-hybridized carbons (Fsp3) is 0.400. The molecule has 6 nitrogen and oxygen atoms in total. The average Bonchev–Trinajstić information content (AvgIpc) is 3.06. The maximum Gasteiger partial charge on any atom is 0.233 e. The molecule has 1 aliphatic heterocycles. The first-order chi connectivity index (χ1) is 15.1. The summed E-state index contributed by atoms with van der Waals surface area (Å²) in [5.41, 5.74) is 1.98. The second kappa shape index (κ2) is 9.77. The molecule has 0 bridgehead atoms. The fourth-order valence-electron chi connectivity index (χ4n) is 4.50. The van der Waals surface area contributed by atoms with Crippen LogP contribution in [0.3, 0.4) is 0 Å². The first-order valence-electron chi connectivity index (χ1n) is 11.0. The average molecular weight is 421 g/mol. The van der Waals surface area contributed by atoms with Gasteiger partial charge in [-0.2, -0.15) is 0 Å². The number of nitrogens with one attached hydrogen (secondary N) is 1. The van der Waals surface area contributed by atoms with Crippen LogP contribution in [-0.4, -0.2) is 29.2 Å². The monoisotopic (exact) mass is 420 g/mol. The number of amides is 3. The first kappa shape index (κ1) is 21.1. The zero-order valence-corrected chi connectivity index (χ0v) is 17.6. The number of imide groups is 1. The van der Waals surface area contributed by atoms with Crippen molar-refractivity contribution in [3.8, 4) is 5.75 Å². The smallest absolute Gasteiger partial charge is 0.233 e. The van der Waals surface area contributed by atoms with Gasteiger partial charge in [-0.05, 0) is 36.1 Å². The van der Waals surface area contributed by atoms with Crippen molar-refractivity contribution in [2.75, 3.05) is 6.54 Å². The summed E-state index contributed by atoms with van der Waals surface area (Å²) in [4.78, 5) is 38.8. The summed E-state index contributed by atoms with van der Waals surface area (Å²) < 4.78 is 5.83. The van der Waals surface area contributed by atoms with Gasteiger partial charge in [-0.3, -0.25) is 19.3 Å². The van der Waals surface area contributed by atoms with Crippen molar-refractivity contribution in [1.82, 2.24) is 10.2 Å². The molecule has 3 amide bonds. The van der Waals surface area contributed by atoms with Crippen LogP contribution in [0.15, 0.2) is 54.6 Å². The number of para-hydroxylation sites is 1. The lowest BCUT2D eigenvalue weighted by molar-refractivity contribution is -0.140. The molecule has 0 radical (unpaired) electrons. The van der Waals surface area contributed by atoms with Gasteiger partial charge < -0.3 is 10.1 Å². The van der Waals surface area contributed by atoms with E-state index in [2.05, 4.69) is 5.32 Å². The van der Waals surface area contributed by atoms with Crippen LogP contribution in [0, 0.1) is 11.8 Å². The van der Waals surface area contributed by atoms with E-state index in [-0.39, 0.29) is 42.5 Å². The van der Waals surface area contributed by atoms with E-state index >= 15 is 0 Å². The number of fused-ring (bicyclic) bond motifs is 1. The summed E-state index contributed by atoms with van der Waals surface area (Å²) in [5, 5.41) is 2.91. The predicted molar refractivity (Wildman–Crippen MR) is 116 cm³/mol. The quantitative estimate of drug-likeness (QED) is 0.664. The minimum absolute atomic E-state index is 0.0918. The topological polar surface area (TPSA) is 75.7 Å². The van der Waals surface area contributed by atoms with Crippen molar-refractivity contribution in [2.45, 2.75) is 45.3 Å². The van der Waals surface area contributed by atoms with Crippen LogP contribution in [0.2, 0.25) is 0 Å². The van der Waals surface area contributed by atoms with Crippen molar-refractivity contribution in [2.24, 2.45) is 11.8 Å². The summed E-state index contributed by atoms with van der Waals surface area (Å²) in [6.45, 7) is 0.950. The number of ether oxygens (including phenoxy) is 1. The van der Waals surface area contributed by atoms with E-state index in [9.17, 15) is 14.4 Å². The van der Waals surface area contributed by atoms with Gasteiger partial charge in [0.2, 0.25) is 17.7 Å². The molecule has 1 saturated carbocycles. The van der Waals surface area contributed by atoms with Gasteiger partial charge in [0.25, 0.3) is 0 Å². The number of hydrogen-bond donors (Lipinski definition) is 1. The van der Waals surface area contributed by atoms with Gasteiger partial charge in [0.05, 0.1) is 11.8 Å². The van der Waals surface area contributed by atoms with E-state index in [1.165, 1.54) is 4.90 Å². The third kappa shape index (κ3) is 4.95. The number of hydrogen-bond acceptors (Lipinski definition) is 4. The molecule has 1 heterocycles. The molecule has 31 heavy (non-hydrogen) atoms. The van der Waals surface area contributed by atoms with Gasteiger partial charge in [-0.15, -0.1) is 0 Å². The Bertz CT molecular complexity index is 920. The lowest BCUT2D eigenvalue weighted by atomic mass is 9.81. The minimum atomic E-state index is -0.172. The van der Waals surface area contributed by atoms with E-state index in [0.29, 0.717) is 13.2 Å². The normalized spacial score (nSPS) is 20.5. The molecule has 1 aliphatic carbocycles. The summed E-state index contributed by atoms with van der Waals surface area (Å²) in [6.07, 6.45) is 3.71. The molecule has 0 aromatic heterocycles. The second-order valence-corrected chi connectivity index (χ2v) is 8.22. The summed E-state index contributed by atoms with van der Waals surface area (Å²) in [7, 11) is 0. The number of carbonyl (C=O) groups excluding carboxylic acids is 3. The van der Waals surface area contributed by atoms with Crippen LogP contribution in [0.25, 0.3) is 0 Å². The van der Waals surface area contributed by atoms with E-state index < -0.39 is 0 Å². The Hall–Kier alpha value is -3.15. The predicted octanol–water partition coefficient (Wildman–Crippen LogP) is 3.45. The highest BCUT2D eigenvalue weighted by Crippen LogP contribution is 2.37. The molecular formula is C25H28N2O4. The highest BCUT2D eigenvalue weighted by molar-refractivity contribution is 6.05. The third-order valence-electron chi connectivity index (χ3n) is 6.23. The lowest BCUT2D eigenvalue weighted by Gasteiger charge is -2.19. The lowest BCUT2D eigenvalue weighted by Crippen LogP contribution is -2.35. The molecular weight excluding hydrogens is 392 g/mol. The largest absolute Gasteiger partial charge is 0.489 e. The Kier molecular flexibility index (Phi) is 6.65. The number of rotatable bonds is 8. The molecule has 4 rings (SSSR count). The van der Waals surface area contributed by atoms with Crippen molar-refractivity contribution >= 4 is 17.7 Å². The molecule has 2 fully saturated rings. The van der Waals surface area contributed by atoms with E-state index in [1.54, 1.807) is 0 Å². The molecule has 6 heteroatoms. The van der Waals surface area contributed by atoms with Crippen molar-refractivity contribution < 1.29 is 19.1 Å². The van der Waals surface area contributed by atoms with Crippen LogP contribution >= 0.6 is 0 Å². The van der Waals surface area contributed by atoms with Crippen LogP contribution in [0.4, 0.5) is 0 Å². The van der Waals surface area contributed by atoms with Gasteiger partial charge in [0.15, 0.2) is 0 Å². The Morgan fingerprint density at radius 2 is 1.52 bits per heavy atom. The zero-order chi connectivity index (χ0) is 21.6. The molecule has 1 saturated heterocycles. The van der Waals surface area contributed by atoms with Gasteiger partial charge in [0.1, 0.15) is 12.4 Å². The Labute approximate surface area is 182 Å². The SMILES string of the molecule is O=C(CCN1C(=O)C2CCCCC2C1=O)NCc1ccccc1COc1ccccc1. The number of carbonyl (C=O) groups is 3. The van der Waals surface area contributed by atoms with Crippen molar-refractivity contribution in [1.29, 1.82) is 0 Å². The molecule has 2 aromatic carbocycles. The number of benzene rings is 2. The number of likely N-dealkylation sites (tertiary alicyclic amines) is 1. The summed E-state index contributed by atoms with van der Waals surface area (Å²) in [5.74, 6) is 0.106. The van der Waals surface area contributed by atoms with Crippen LogP contribution in [0.1, 0.15) is 43.2 Å². The molecule has 2 aromatic rings. The Morgan fingerprint density at radius 3 is 2.19 bits per heavy atom. The second-order valence-electron chi connectivity index (χ2n) is 8.22. The van der Waals surface area contributed by atoms with Crippen LogP contribution < -0.4 is 10.1 Å². The van der Waals surface area contributed by atoms with Crippen molar-refractivity contribution in [3.05, 3.63) is 65.7 Å². The molecule has 1 N–H and O–H groups in total. The summed E-state index contributed by atoms with van der Waals surface area (Å²) >= 11 is 0. The maximum atomic E-state index is 12.5. The molecule has 162 valence electrons. The van der Waals surface area contributed by atoms with E-state index in [4.69, 9.17) is 4.74 Å². The van der Waals surface area contributed by atoms with Crippen LogP contribution in [0.5, 0.6) is 5.75 Å². The highest BCUT2D eigenvalue weighted by atomic mass is 16.5. The third-order valence-corrected chi connectivity index (χ3v) is 6.23. The fourth-order valence-corrected chi connectivity index (χ4v) is 4.50. The Balaban J connectivity index is 1.27. The number of nitrogens with zero attached hydrogens (tertiary/aromatic N) is 1. The zero-order valence-electron chi connectivity index (χ0n) is 17.6. The van der Waals surface area contributed by atoms with Crippen molar-refractivity contribution in [3.63, 3.8) is 0 Å². The molecule has 2 atom stereocenters. The van der Waals surface area contributed by atoms with E-state index in [0.717, 1.165) is 42.6 Å². The standard InChI is InChI=1S/C25H28N2O4/c28-23(14-15-27-24(29)21-12-6-7-13-22(21)25(27)30)26-16-18-8-4-5-9-19(18)17-31-20-10-2-1-3-11-20/h1-5,8-11,21-22H,6-7,12-17H2,(H,26,28). The molecule has 2 aliphatic rings. The minimum Gasteiger partial charge on any atom is -0.489 e. The molecule has 2 unspecified atom stereocenters. The van der Waals surface area contributed by atoms with E-state index in [1.807, 2.05) is 54.6 Å². The Morgan fingerprint density at radius 1 is 0.903 bits per heavy atom. The van der Waals surface area contributed by atoms with Gasteiger partial charge >= 0.3 is 0 Å². The summed E-state index contributed by atoms with van der Waals surface area (Å²) in [6, 6.07) is 17.4. The molecule has 0 spiro atoms.